The number of benzene rings is 2. The van der Waals surface area contributed by atoms with Gasteiger partial charge in [0.15, 0.2) is 5.70 Å². The third-order valence-electron chi connectivity index (χ3n) is 3.45. The zero-order chi connectivity index (χ0) is 17.3. The van der Waals surface area contributed by atoms with Crippen LogP contribution in [0.25, 0.3) is 6.08 Å². The number of carbonyl (C=O) groups is 1. The van der Waals surface area contributed by atoms with Gasteiger partial charge >= 0.3 is 5.97 Å². The molecule has 0 saturated carbocycles. The Morgan fingerprint density at radius 2 is 1.75 bits per heavy atom. The molecule has 24 heavy (non-hydrogen) atoms. The molecule has 1 aliphatic rings. The fourth-order valence-electron chi connectivity index (χ4n) is 2.24. The van der Waals surface area contributed by atoms with Crippen molar-refractivity contribution in [2.24, 2.45) is 4.99 Å². The lowest BCUT2D eigenvalue weighted by atomic mass is 10.1. The number of aryl methyl sites for hydroxylation is 1. The predicted molar refractivity (Wildman–Crippen MR) is 110 cm³/mol. The molecule has 0 radical (unpaired) electrons. The number of methoxy groups -OCH3 is 1. The first-order chi connectivity index (χ1) is 11.5. The first kappa shape index (κ1) is 17.4. The number of halogens is 2. The van der Waals surface area contributed by atoms with Crippen molar-refractivity contribution in [2.75, 3.05) is 7.11 Å². The Balaban J connectivity index is 1.95. The molecule has 2 aromatic carbocycles. The minimum atomic E-state index is -0.439. The van der Waals surface area contributed by atoms with Crippen LogP contribution in [0.15, 0.2) is 47.1 Å². The molecule has 0 aromatic heterocycles. The maximum absolute atomic E-state index is 12.1. The van der Waals surface area contributed by atoms with Crippen LogP contribution in [0.2, 0.25) is 0 Å². The second-order valence-electron chi connectivity index (χ2n) is 5.22. The lowest BCUT2D eigenvalue weighted by Crippen LogP contribution is -2.05. The molecule has 4 nitrogen and oxygen atoms in total. The van der Waals surface area contributed by atoms with E-state index in [1.54, 1.807) is 13.2 Å². The van der Waals surface area contributed by atoms with Gasteiger partial charge in [-0.2, -0.15) is 0 Å². The van der Waals surface area contributed by atoms with Crippen molar-refractivity contribution in [1.29, 1.82) is 0 Å². The van der Waals surface area contributed by atoms with E-state index in [-0.39, 0.29) is 0 Å². The van der Waals surface area contributed by atoms with Crippen LogP contribution in [0, 0.1) is 14.1 Å². The lowest BCUT2D eigenvalue weighted by Gasteiger charge is -2.07. The highest BCUT2D eigenvalue weighted by Gasteiger charge is 2.24. The number of cyclic esters (lactones) is 1. The van der Waals surface area contributed by atoms with Gasteiger partial charge in [-0.15, -0.1) is 0 Å². The van der Waals surface area contributed by atoms with Crippen molar-refractivity contribution in [3.8, 4) is 5.75 Å². The Hall–Kier alpha value is -1.42. The number of aliphatic imine (C=N–C) groups is 1. The van der Waals surface area contributed by atoms with E-state index in [9.17, 15) is 4.79 Å². The average molecular weight is 545 g/mol. The summed E-state index contributed by atoms with van der Waals surface area (Å²) in [7, 11) is 1.64. The number of nitrogens with zero attached hydrogens (tertiary/aromatic N) is 1. The number of rotatable bonds is 3. The van der Waals surface area contributed by atoms with Gasteiger partial charge < -0.3 is 9.47 Å². The summed E-state index contributed by atoms with van der Waals surface area (Å²) in [5, 5.41) is 0. The highest BCUT2D eigenvalue weighted by molar-refractivity contribution is 14.1. The Morgan fingerprint density at radius 3 is 2.33 bits per heavy atom. The smallest absolute Gasteiger partial charge is 0.363 e. The topological polar surface area (TPSA) is 47.9 Å². The standard InChI is InChI=1S/C18H13I2NO3/c1-10-3-5-12(6-4-10)17-21-15(18(22)24-17)9-11-7-13(19)16(23-2)14(20)8-11/h3-9H,1-2H3/b15-9-. The molecule has 122 valence electrons. The van der Waals surface area contributed by atoms with Gasteiger partial charge in [0.1, 0.15) is 5.75 Å². The average Bonchev–Trinajstić information content (AvgIpc) is 2.89. The molecule has 0 bridgehead atoms. The Labute approximate surface area is 167 Å². The molecular weight excluding hydrogens is 532 g/mol. The quantitative estimate of drug-likeness (QED) is 0.323. The molecule has 0 amide bonds. The van der Waals surface area contributed by atoms with E-state index < -0.39 is 5.97 Å². The summed E-state index contributed by atoms with van der Waals surface area (Å²) < 4.78 is 12.6. The molecule has 1 aliphatic heterocycles. The van der Waals surface area contributed by atoms with Crippen LogP contribution in [0.5, 0.6) is 5.75 Å². The Bertz CT molecular complexity index is 847. The van der Waals surface area contributed by atoms with E-state index in [1.165, 1.54) is 0 Å². The molecule has 6 heteroatoms. The van der Waals surface area contributed by atoms with Crippen LogP contribution >= 0.6 is 45.2 Å². The molecule has 0 fully saturated rings. The van der Waals surface area contributed by atoms with Crippen LogP contribution in [-0.4, -0.2) is 19.0 Å². The van der Waals surface area contributed by atoms with E-state index in [2.05, 4.69) is 50.2 Å². The molecule has 0 unspecified atom stereocenters. The number of ether oxygens (including phenoxy) is 2. The van der Waals surface area contributed by atoms with Crippen LogP contribution < -0.4 is 4.74 Å². The fraction of sp³-hybridized carbons (Fsp3) is 0.111. The van der Waals surface area contributed by atoms with Crippen molar-refractivity contribution in [1.82, 2.24) is 0 Å². The highest BCUT2D eigenvalue weighted by atomic mass is 127. The van der Waals surface area contributed by atoms with Gasteiger partial charge in [-0.05, 0) is 88.0 Å². The first-order valence-corrected chi connectivity index (χ1v) is 9.26. The number of hydrogen-bond donors (Lipinski definition) is 0. The van der Waals surface area contributed by atoms with Crippen molar-refractivity contribution in [2.45, 2.75) is 6.92 Å². The summed E-state index contributed by atoms with van der Waals surface area (Å²) >= 11 is 4.42. The Kier molecular flexibility index (Phi) is 5.24. The zero-order valence-corrected chi connectivity index (χ0v) is 17.3. The van der Waals surface area contributed by atoms with Crippen LogP contribution in [0.1, 0.15) is 16.7 Å². The van der Waals surface area contributed by atoms with E-state index in [4.69, 9.17) is 9.47 Å². The monoisotopic (exact) mass is 545 g/mol. The molecule has 2 aromatic rings. The van der Waals surface area contributed by atoms with Gasteiger partial charge in [0.2, 0.25) is 5.90 Å². The van der Waals surface area contributed by atoms with Gasteiger partial charge in [0.05, 0.1) is 14.3 Å². The minimum absolute atomic E-state index is 0.294. The first-order valence-electron chi connectivity index (χ1n) is 7.10. The van der Waals surface area contributed by atoms with Crippen LogP contribution in [-0.2, 0) is 9.53 Å². The van der Waals surface area contributed by atoms with E-state index in [0.717, 1.165) is 29.6 Å². The highest BCUT2D eigenvalue weighted by Crippen LogP contribution is 2.30. The van der Waals surface area contributed by atoms with Gasteiger partial charge in [0.25, 0.3) is 0 Å². The van der Waals surface area contributed by atoms with E-state index in [0.29, 0.717) is 11.6 Å². The second-order valence-corrected chi connectivity index (χ2v) is 7.54. The largest absolute Gasteiger partial charge is 0.495 e. The Morgan fingerprint density at radius 1 is 1.12 bits per heavy atom. The minimum Gasteiger partial charge on any atom is -0.495 e. The van der Waals surface area contributed by atoms with Gasteiger partial charge in [-0.25, -0.2) is 9.79 Å². The number of hydrogen-bond acceptors (Lipinski definition) is 4. The van der Waals surface area contributed by atoms with Gasteiger partial charge in [0, 0.05) is 5.56 Å². The maximum Gasteiger partial charge on any atom is 0.363 e. The SMILES string of the molecule is COc1c(I)cc(/C=C2\N=C(c3ccc(C)cc3)OC2=O)cc1I. The maximum atomic E-state index is 12.1. The predicted octanol–water partition coefficient (Wildman–Crippen LogP) is 4.56. The molecule has 0 aliphatic carbocycles. The normalized spacial score (nSPS) is 15.4. The van der Waals surface area contributed by atoms with Crippen LogP contribution in [0.3, 0.4) is 0 Å². The van der Waals surface area contributed by atoms with Gasteiger partial charge in [-0.3, -0.25) is 0 Å². The molecule has 3 rings (SSSR count). The summed E-state index contributed by atoms with van der Waals surface area (Å²) in [6, 6.07) is 11.6. The molecule has 0 N–H and O–H groups in total. The van der Waals surface area contributed by atoms with E-state index >= 15 is 0 Å². The lowest BCUT2D eigenvalue weighted by molar-refractivity contribution is -0.129. The molecule has 1 heterocycles. The zero-order valence-electron chi connectivity index (χ0n) is 13.0. The van der Waals surface area contributed by atoms with Crippen molar-refractivity contribution < 1.29 is 14.3 Å². The summed E-state index contributed by atoms with van der Waals surface area (Å²) in [6.07, 6.45) is 1.73. The molecule has 0 atom stereocenters. The van der Waals surface area contributed by atoms with Crippen molar-refractivity contribution in [3.63, 3.8) is 0 Å². The molecular formula is C18H13I2NO3. The van der Waals surface area contributed by atoms with E-state index in [1.807, 2.05) is 43.3 Å². The summed E-state index contributed by atoms with van der Waals surface area (Å²) in [5.74, 6) is 0.728. The number of carbonyl (C=O) groups excluding carboxylic acids is 1. The fourth-order valence-corrected chi connectivity index (χ4v) is 4.50. The summed E-state index contributed by atoms with van der Waals surface area (Å²) in [4.78, 5) is 16.4. The molecule has 0 spiro atoms. The summed E-state index contributed by atoms with van der Waals surface area (Å²) in [6.45, 7) is 2.00. The van der Waals surface area contributed by atoms with Gasteiger partial charge in [-0.1, -0.05) is 17.7 Å². The second kappa shape index (κ2) is 7.22. The van der Waals surface area contributed by atoms with Crippen molar-refractivity contribution in [3.05, 3.63) is 65.9 Å². The third-order valence-corrected chi connectivity index (χ3v) is 5.05. The van der Waals surface area contributed by atoms with Crippen LogP contribution in [0.4, 0.5) is 0 Å². The molecule has 0 saturated heterocycles. The third kappa shape index (κ3) is 3.64. The summed E-state index contributed by atoms with van der Waals surface area (Å²) in [5.41, 5.74) is 3.10. The van der Waals surface area contributed by atoms with Crippen molar-refractivity contribution >= 4 is 63.1 Å². The number of esters is 1.